The third-order valence-corrected chi connectivity index (χ3v) is 3.85. The summed E-state index contributed by atoms with van der Waals surface area (Å²) in [5.41, 5.74) is 1.29. The molecular formula is C16H12N2O3S. The zero-order valence-corrected chi connectivity index (χ0v) is 12.2. The number of phenols is 2. The van der Waals surface area contributed by atoms with Crippen LogP contribution in [0.25, 0.3) is 6.08 Å². The van der Waals surface area contributed by atoms with Gasteiger partial charge in [0, 0.05) is 17.3 Å². The molecule has 1 aliphatic rings. The maximum atomic E-state index is 11.9. The lowest BCUT2D eigenvalue weighted by atomic mass is 10.2. The number of aliphatic imine (C=N–C) groups is 1. The molecule has 0 radical (unpaired) electrons. The molecule has 1 heterocycles. The number of hydrogen-bond acceptors (Lipinski definition) is 5. The molecule has 0 aliphatic carbocycles. The summed E-state index contributed by atoms with van der Waals surface area (Å²) in [4.78, 5) is 16.3. The lowest BCUT2D eigenvalue weighted by Crippen LogP contribution is -2.04. The van der Waals surface area contributed by atoms with Gasteiger partial charge in [-0.1, -0.05) is 18.2 Å². The highest BCUT2D eigenvalue weighted by atomic mass is 32.2. The van der Waals surface area contributed by atoms with Crippen LogP contribution in [0.5, 0.6) is 11.5 Å². The molecule has 2 aromatic carbocycles. The third kappa shape index (κ3) is 3.12. The smallest absolute Gasteiger partial charge is 0.286 e. The molecule has 0 atom stereocenters. The Balaban J connectivity index is 1.78. The quantitative estimate of drug-likeness (QED) is 0.742. The second-order valence-corrected chi connectivity index (χ2v) is 5.60. The summed E-state index contributed by atoms with van der Waals surface area (Å²) in [5.74, 6) is -0.492. The summed E-state index contributed by atoms with van der Waals surface area (Å²) in [6.45, 7) is 0. The van der Waals surface area contributed by atoms with Crippen molar-refractivity contribution in [1.82, 2.24) is 0 Å². The minimum absolute atomic E-state index is 0.0345. The van der Waals surface area contributed by atoms with Crippen molar-refractivity contribution in [3.63, 3.8) is 0 Å². The molecule has 0 bridgehead atoms. The summed E-state index contributed by atoms with van der Waals surface area (Å²) < 4.78 is 0. The Morgan fingerprint density at radius 1 is 1.09 bits per heavy atom. The van der Waals surface area contributed by atoms with Crippen LogP contribution in [-0.2, 0) is 4.79 Å². The van der Waals surface area contributed by atoms with Crippen LogP contribution in [0, 0.1) is 0 Å². The molecule has 22 heavy (non-hydrogen) atoms. The number of hydrogen-bond donors (Lipinski definition) is 3. The lowest BCUT2D eigenvalue weighted by molar-refractivity contribution is -0.113. The van der Waals surface area contributed by atoms with Gasteiger partial charge in [0.05, 0.1) is 4.91 Å². The molecule has 0 aromatic heterocycles. The Morgan fingerprint density at radius 2 is 1.86 bits per heavy atom. The Kier molecular flexibility index (Phi) is 3.84. The predicted octanol–water partition coefficient (Wildman–Crippen LogP) is 3.18. The van der Waals surface area contributed by atoms with E-state index in [1.165, 1.54) is 30.0 Å². The van der Waals surface area contributed by atoms with Gasteiger partial charge in [-0.2, -0.15) is 4.99 Å². The molecule has 5 nitrogen and oxygen atoms in total. The number of amidine groups is 1. The Hall–Kier alpha value is -2.73. The molecule has 6 heteroatoms. The fourth-order valence-electron chi connectivity index (χ4n) is 1.90. The summed E-state index contributed by atoms with van der Waals surface area (Å²) in [5, 5.41) is 22.6. The Labute approximate surface area is 131 Å². The summed E-state index contributed by atoms with van der Waals surface area (Å²) in [6, 6.07) is 13.6. The maximum absolute atomic E-state index is 11.9. The van der Waals surface area contributed by atoms with Crippen molar-refractivity contribution < 1.29 is 15.0 Å². The molecule has 0 fully saturated rings. The van der Waals surface area contributed by atoms with Crippen LogP contribution < -0.4 is 5.32 Å². The SMILES string of the molecule is O=C1N=C(Nc2ccccc2)S/C1=C\c1ccc(O)cc1O. The number of carbonyl (C=O) groups excluding carboxylic acids is 1. The summed E-state index contributed by atoms with van der Waals surface area (Å²) in [7, 11) is 0. The van der Waals surface area contributed by atoms with Gasteiger partial charge < -0.3 is 15.5 Å². The minimum atomic E-state index is -0.365. The number of amides is 1. The van der Waals surface area contributed by atoms with E-state index in [1.54, 1.807) is 6.08 Å². The van der Waals surface area contributed by atoms with E-state index in [4.69, 9.17) is 0 Å². The molecule has 1 aliphatic heterocycles. The monoisotopic (exact) mass is 312 g/mol. The van der Waals surface area contributed by atoms with Gasteiger partial charge in [-0.05, 0) is 42.1 Å². The number of aromatic hydroxyl groups is 2. The predicted molar refractivity (Wildman–Crippen MR) is 87.8 cm³/mol. The van der Waals surface area contributed by atoms with Crippen molar-refractivity contribution >= 4 is 34.6 Å². The molecule has 2 aromatic rings. The van der Waals surface area contributed by atoms with Gasteiger partial charge in [0.15, 0.2) is 5.17 Å². The van der Waals surface area contributed by atoms with Crippen LogP contribution in [0.4, 0.5) is 5.69 Å². The number of rotatable bonds is 2. The van der Waals surface area contributed by atoms with Crippen molar-refractivity contribution in [3.8, 4) is 11.5 Å². The van der Waals surface area contributed by atoms with Crippen LogP contribution in [0.3, 0.4) is 0 Å². The van der Waals surface area contributed by atoms with Crippen LogP contribution >= 0.6 is 11.8 Å². The largest absolute Gasteiger partial charge is 0.508 e. The average molecular weight is 312 g/mol. The topological polar surface area (TPSA) is 81.9 Å². The number of thioether (sulfide) groups is 1. The van der Waals surface area contributed by atoms with Crippen molar-refractivity contribution in [2.75, 3.05) is 5.32 Å². The van der Waals surface area contributed by atoms with E-state index < -0.39 is 0 Å². The van der Waals surface area contributed by atoms with Crippen molar-refractivity contribution in [2.45, 2.75) is 0 Å². The van der Waals surface area contributed by atoms with Crippen LogP contribution in [0.15, 0.2) is 58.4 Å². The zero-order chi connectivity index (χ0) is 15.5. The van der Waals surface area contributed by atoms with E-state index in [-0.39, 0.29) is 17.4 Å². The summed E-state index contributed by atoms with van der Waals surface area (Å²) >= 11 is 1.20. The number of carbonyl (C=O) groups is 1. The number of benzene rings is 2. The number of nitrogens with one attached hydrogen (secondary N) is 1. The van der Waals surface area contributed by atoms with Crippen LogP contribution in [0.2, 0.25) is 0 Å². The molecule has 3 N–H and O–H groups in total. The normalized spacial score (nSPS) is 15.9. The maximum Gasteiger partial charge on any atom is 0.286 e. The van der Waals surface area contributed by atoms with Crippen LogP contribution in [-0.4, -0.2) is 21.3 Å². The second kappa shape index (κ2) is 5.95. The number of phenolic OH excluding ortho intramolecular Hbond substituents is 2. The van der Waals surface area contributed by atoms with Crippen molar-refractivity contribution in [1.29, 1.82) is 0 Å². The van der Waals surface area contributed by atoms with E-state index in [0.29, 0.717) is 15.6 Å². The highest BCUT2D eigenvalue weighted by molar-refractivity contribution is 8.18. The highest BCUT2D eigenvalue weighted by Gasteiger charge is 2.22. The number of anilines is 1. The van der Waals surface area contributed by atoms with E-state index in [2.05, 4.69) is 10.3 Å². The van der Waals surface area contributed by atoms with Crippen molar-refractivity contribution in [2.24, 2.45) is 4.99 Å². The van der Waals surface area contributed by atoms with Gasteiger partial charge in [-0.25, -0.2) is 0 Å². The van der Waals surface area contributed by atoms with E-state index in [0.717, 1.165) is 5.69 Å². The number of nitrogens with zero attached hydrogens (tertiary/aromatic N) is 1. The van der Waals surface area contributed by atoms with E-state index in [1.807, 2.05) is 30.3 Å². The third-order valence-electron chi connectivity index (χ3n) is 2.95. The van der Waals surface area contributed by atoms with Crippen LogP contribution in [0.1, 0.15) is 5.56 Å². The first-order valence-corrected chi connectivity index (χ1v) is 7.30. The van der Waals surface area contributed by atoms with E-state index in [9.17, 15) is 15.0 Å². The standard InChI is InChI=1S/C16H12N2O3S/c19-12-7-6-10(13(20)9-12)8-14-15(21)18-16(22-14)17-11-4-2-1-3-5-11/h1-9,19-20H,(H,17,18,21)/b14-8-. The Bertz CT molecular complexity index is 785. The first-order chi connectivity index (χ1) is 10.6. The fourth-order valence-corrected chi connectivity index (χ4v) is 2.73. The molecule has 110 valence electrons. The molecule has 0 saturated heterocycles. The van der Waals surface area contributed by atoms with Gasteiger partial charge in [0.25, 0.3) is 5.91 Å². The lowest BCUT2D eigenvalue weighted by Gasteiger charge is -2.03. The average Bonchev–Trinajstić information content (AvgIpc) is 2.83. The first kappa shape index (κ1) is 14.2. The van der Waals surface area contributed by atoms with Crippen molar-refractivity contribution in [3.05, 3.63) is 59.0 Å². The molecule has 1 amide bonds. The van der Waals surface area contributed by atoms with Gasteiger partial charge in [-0.3, -0.25) is 4.79 Å². The second-order valence-electron chi connectivity index (χ2n) is 4.57. The molecular weight excluding hydrogens is 300 g/mol. The summed E-state index contributed by atoms with van der Waals surface area (Å²) in [6.07, 6.45) is 1.55. The van der Waals surface area contributed by atoms with Gasteiger partial charge in [-0.15, -0.1) is 0 Å². The zero-order valence-electron chi connectivity index (χ0n) is 11.4. The first-order valence-electron chi connectivity index (χ1n) is 6.48. The molecule has 0 unspecified atom stereocenters. The molecule has 0 spiro atoms. The van der Waals surface area contributed by atoms with Gasteiger partial charge in [0.1, 0.15) is 11.5 Å². The van der Waals surface area contributed by atoms with Gasteiger partial charge in [0.2, 0.25) is 0 Å². The van der Waals surface area contributed by atoms with Gasteiger partial charge >= 0.3 is 0 Å². The number of para-hydroxylation sites is 1. The minimum Gasteiger partial charge on any atom is -0.508 e. The van der Waals surface area contributed by atoms with E-state index >= 15 is 0 Å². The highest BCUT2D eigenvalue weighted by Crippen LogP contribution is 2.32. The fraction of sp³-hybridized carbons (Fsp3) is 0. The Morgan fingerprint density at radius 3 is 2.59 bits per heavy atom. The molecule has 3 rings (SSSR count). The molecule has 0 saturated carbocycles.